The number of nitriles is 1. The van der Waals surface area contributed by atoms with E-state index in [4.69, 9.17) is 0 Å². The lowest BCUT2D eigenvalue weighted by molar-refractivity contribution is 0.0156. The minimum Gasteiger partial charge on any atom is -0.390 e. The van der Waals surface area contributed by atoms with Gasteiger partial charge in [0.15, 0.2) is 5.82 Å². The van der Waals surface area contributed by atoms with Crippen molar-refractivity contribution in [1.29, 1.82) is 5.26 Å². The minimum absolute atomic E-state index is 0.179. The molecule has 0 radical (unpaired) electrons. The van der Waals surface area contributed by atoms with Gasteiger partial charge in [-0.25, -0.2) is 14.6 Å². The van der Waals surface area contributed by atoms with Gasteiger partial charge in [-0.1, -0.05) is 12.1 Å². The first-order valence-electron chi connectivity index (χ1n) is 11.0. The number of nitrogens with zero attached hydrogens (tertiary/aromatic N) is 6. The molecular weight excluding hydrogens is 388 g/mol. The number of rotatable bonds is 4. The summed E-state index contributed by atoms with van der Waals surface area (Å²) in [6.07, 6.45) is 7.26. The van der Waals surface area contributed by atoms with Crippen molar-refractivity contribution < 1.29 is 5.11 Å². The molecule has 1 aromatic carbocycles. The molecule has 2 aromatic heterocycles. The molecule has 1 aliphatic heterocycles. The minimum atomic E-state index is -0.725. The fraction of sp³-hybridized carbons (Fsp3) is 0.500. The predicted molar refractivity (Wildman–Crippen MR) is 119 cm³/mol. The Morgan fingerprint density at radius 1 is 1.19 bits per heavy atom. The van der Waals surface area contributed by atoms with E-state index in [0.29, 0.717) is 5.82 Å². The van der Waals surface area contributed by atoms with Crippen LogP contribution >= 0.6 is 0 Å². The highest BCUT2D eigenvalue weighted by molar-refractivity contribution is 5.81. The van der Waals surface area contributed by atoms with Crippen LogP contribution in [0.3, 0.4) is 0 Å². The van der Waals surface area contributed by atoms with Crippen LogP contribution in [-0.4, -0.2) is 43.0 Å². The third-order valence-corrected chi connectivity index (χ3v) is 7.36. The van der Waals surface area contributed by atoms with Crippen LogP contribution < -0.4 is 4.90 Å². The van der Waals surface area contributed by atoms with Crippen LogP contribution in [0.15, 0.2) is 36.8 Å². The standard InChI is InChI=1S/C24H28N6O/c1-16-19(23(2,3)31)7-10-29(16)21-12-22(27-15-26-21)30-20-11-18(6-5-17(20)13-28-30)24(14-25)8-4-9-24/h5-6,11-13,15-16,19,31H,4,7-10H2,1-3H3/t16-,19-/m1/s1. The fourth-order valence-corrected chi connectivity index (χ4v) is 5.31. The van der Waals surface area contributed by atoms with Gasteiger partial charge in [0.2, 0.25) is 0 Å². The van der Waals surface area contributed by atoms with E-state index in [2.05, 4.69) is 45.1 Å². The Bertz CT molecular complexity index is 1170. The molecule has 31 heavy (non-hydrogen) atoms. The quantitative estimate of drug-likeness (QED) is 0.697. The van der Waals surface area contributed by atoms with E-state index >= 15 is 0 Å². The lowest BCUT2D eigenvalue weighted by Crippen LogP contribution is -2.40. The second-order valence-corrected chi connectivity index (χ2v) is 9.59. The Kier molecular flexibility index (Phi) is 4.52. The molecule has 2 aliphatic rings. The molecule has 5 rings (SSSR count). The molecule has 160 valence electrons. The van der Waals surface area contributed by atoms with E-state index in [1.54, 1.807) is 6.33 Å². The zero-order valence-corrected chi connectivity index (χ0v) is 18.3. The maximum Gasteiger partial charge on any atom is 0.159 e. The fourth-order valence-electron chi connectivity index (χ4n) is 5.31. The van der Waals surface area contributed by atoms with Crippen LogP contribution in [-0.2, 0) is 5.41 Å². The van der Waals surface area contributed by atoms with E-state index in [0.717, 1.165) is 54.5 Å². The molecule has 1 N–H and O–H groups in total. The van der Waals surface area contributed by atoms with Crippen LogP contribution in [0.2, 0.25) is 0 Å². The van der Waals surface area contributed by atoms with Crippen molar-refractivity contribution in [2.75, 3.05) is 11.4 Å². The summed E-state index contributed by atoms with van der Waals surface area (Å²) >= 11 is 0. The zero-order valence-electron chi connectivity index (χ0n) is 18.3. The molecule has 0 amide bonds. The molecule has 2 fully saturated rings. The Labute approximate surface area is 182 Å². The van der Waals surface area contributed by atoms with E-state index in [9.17, 15) is 10.4 Å². The molecule has 1 saturated heterocycles. The molecule has 0 bridgehead atoms. The van der Waals surface area contributed by atoms with Crippen LogP contribution in [0.25, 0.3) is 16.7 Å². The highest BCUT2D eigenvalue weighted by atomic mass is 16.3. The maximum absolute atomic E-state index is 10.5. The van der Waals surface area contributed by atoms with Crippen LogP contribution in [0.1, 0.15) is 52.0 Å². The van der Waals surface area contributed by atoms with E-state index in [-0.39, 0.29) is 17.4 Å². The van der Waals surface area contributed by atoms with Crippen molar-refractivity contribution >= 4 is 16.7 Å². The highest BCUT2D eigenvalue weighted by Gasteiger charge is 2.41. The van der Waals surface area contributed by atoms with Gasteiger partial charge < -0.3 is 10.0 Å². The summed E-state index contributed by atoms with van der Waals surface area (Å²) in [5.41, 5.74) is 0.923. The second kappa shape index (κ2) is 7.03. The number of aliphatic hydroxyl groups is 1. The monoisotopic (exact) mass is 416 g/mol. The molecule has 1 saturated carbocycles. The lowest BCUT2D eigenvalue weighted by Gasteiger charge is -2.35. The van der Waals surface area contributed by atoms with Crippen LogP contribution in [0, 0.1) is 17.2 Å². The zero-order chi connectivity index (χ0) is 21.8. The van der Waals surface area contributed by atoms with Gasteiger partial charge >= 0.3 is 0 Å². The summed E-state index contributed by atoms with van der Waals surface area (Å²) in [6, 6.07) is 10.9. The summed E-state index contributed by atoms with van der Waals surface area (Å²) in [5, 5.41) is 25.9. The maximum atomic E-state index is 10.5. The van der Waals surface area contributed by atoms with Gasteiger partial charge in [-0.3, -0.25) is 0 Å². The van der Waals surface area contributed by atoms with E-state index < -0.39 is 5.60 Å². The largest absolute Gasteiger partial charge is 0.390 e. The summed E-state index contributed by atoms with van der Waals surface area (Å²) in [7, 11) is 0. The first kappa shape index (κ1) is 20.0. The van der Waals surface area contributed by atoms with Gasteiger partial charge in [0.1, 0.15) is 12.1 Å². The number of hydrogen-bond donors (Lipinski definition) is 1. The summed E-state index contributed by atoms with van der Waals surface area (Å²) < 4.78 is 1.84. The van der Waals surface area contributed by atoms with Crippen molar-refractivity contribution in [3.8, 4) is 11.9 Å². The van der Waals surface area contributed by atoms with Gasteiger partial charge in [-0.05, 0) is 58.1 Å². The molecule has 3 heterocycles. The molecule has 2 atom stereocenters. The number of aromatic nitrogens is 4. The van der Waals surface area contributed by atoms with Gasteiger partial charge in [0.05, 0.1) is 28.8 Å². The van der Waals surface area contributed by atoms with Crippen molar-refractivity contribution in [3.63, 3.8) is 0 Å². The molecule has 7 heteroatoms. The second-order valence-electron chi connectivity index (χ2n) is 9.59. The van der Waals surface area contributed by atoms with Gasteiger partial charge in [0, 0.05) is 30.0 Å². The van der Waals surface area contributed by atoms with Gasteiger partial charge in [0.25, 0.3) is 0 Å². The Morgan fingerprint density at radius 2 is 1.97 bits per heavy atom. The molecular formula is C24H28N6O. The third-order valence-electron chi connectivity index (χ3n) is 7.36. The normalized spacial score (nSPS) is 23.0. The molecule has 0 spiro atoms. The van der Waals surface area contributed by atoms with Gasteiger partial charge in [-0.15, -0.1) is 0 Å². The first-order chi connectivity index (χ1) is 14.8. The predicted octanol–water partition coefficient (Wildman–Crippen LogP) is 3.75. The van der Waals surface area contributed by atoms with Crippen molar-refractivity contribution in [2.45, 2.75) is 63.5 Å². The van der Waals surface area contributed by atoms with Gasteiger partial charge in [-0.2, -0.15) is 10.4 Å². The average Bonchev–Trinajstić information content (AvgIpc) is 3.31. The number of fused-ring (bicyclic) bond motifs is 1. The Hall–Kier alpha value is -2.98. The van der Waals surface area contributed by atoms with E-state index in [1.165, 1.54) is 0 Å². The lowest BCUT2D eigenvalue weighted by atomic mass is 9.65. The first-order valence-corrected chi connectivity index (χ1v) is 11.0. The number of hydrogen-bond acceptors (Lipinski definition) is 6. The van der Waals surface area contributed by atoms with Crippen molar-refractivity contribution in [3.05, 3.63) is 42.4 Å². The molecule has 0 unspecified atom stereocenters. The smallest absolute Gasteiger partial charge is 0.159 e. The van der Waals surface area contributed by atoms with Crippen LogP contribution in [0.5, 0.6) is 0 Å². The third kappa shape index (κ3) is 3.17. The Morgan fingerprint density at radius 3 is 2.61 bits per heavy atom. The van der Waals surface area contributed by atoms with Crippen molar-refractivity contribution in [1.82, 2.24) is 19.7 Å². The number of benzene rings is 1. The summed E-state index contributed by atoms with van der Waals surface area (Å²) in [5.74, 6) is 1.73. The number of anilines is 1. The molecule has 3 aromatic rings. The SMILES string of the molecule is C[C@@H]1[C@H](C(C)(C)O)CCN1c1cc(-n2ncc3ccc(C4(C#N)CCC4)cc32)ncn1. The Balaban J connectivity index is 1.51. The average molecular weight is 417 g/mol. The molecule has 1 aliphatic carbocycles. The molecule has 7 nitrogen and oxygen atoms in total. The topological polar surface area (TPSA) is 90.9 Å². The van der Waals surface area contributed by atoms with Crippen molar-refractivity contribution in [2.24, 2.45) is 5.92 Å². The summed E-state index contributed by atoms with van der Waals surface area (Å²) in [6.45, 7) is 6.76. The summed E-state index contributed by atoms with van der Waals surface area (Å²) in [4.78, 5) is 11.3. The highest BCUT2D eigenvalue weighted by Crippen LogP contribution is 2.44. The van der Waals surface area contributed by atoms with E-state index in [1.807, 2.05) is 36.9 Å². The van der Waals surface area contributed by atoms with Crippen LogP contribution in [0.4, 0.5) is 5.82 Å².